The molecule has 116 valence electrons. The van der Waals surface area contributed by atoms with Crippen LogP contribution in [0.5, 0.6) is 0 Å². The first kappa shape index (κ1) is 15.6. The number of rotatable bonds is 3. The van der Waals surface area contributed by atoms with Crippen molar-refractivity contribution in [3.8, 4) is 0 Å². The van der Waals surface area contributed by atoms with E-state index < -0.39 is 38.5 Å². The van der Waals surface area contributed by atoms with Gasteiger partial charge in [-0.25, -0.2) is 8.42 Å². The molecule has 1 heterocycles. The topological polar surface area (TPSA) is 54.5 Å². The lowest BCUT2D eigenvalue weighted by Crippen LogP contribution is -2.66. The summed E-state index contributed by atoms with van der Waals surface area (Å²) in [5.74, 6) is -0.522. The Kier molecular flexibility index (Phi) is 3.39. The molecular weight excluding hydrogens is 295 g/mol. The van der Waals surface area contributed by atoms with Gasteiger partial charge in [0.05, 0.1) is 6.42 Å². The number of hydrogen-bond donors (Lipinski definition) is 0. The zero-order valence-corrected chi connectivity index (χ0v) is 12.3. The van der Waals surface area contributed by atoms with Crippen molar-refractivity contribution in [2.24, 2.45) is 5.41 Å². The van der Waals surface area contributed by atoms with Crippen LogP contribution in [0.2, 0.25) is 0 Å². The van der Waals surface area contributed by atoms with E-state index in [9.17, 15) is 26.4 Å². The van der Waals surface area contributed by atoms with Gasteiger partial charge in [0, 0.05) is 24.8 Å². The van der Waals surface area contributed by atoms with E-state index in [1.54, 1.807) is 0 Å². The Hall–Kier alpha value is -0.790. The minimum absolute atomic E-state index is 0.0252. The fourth-order valence-corrected chi connectivity index (χ4v) is 4.62. The molecule has 1 aliphatic carbocycles. The summed E-state index contributed by atoms with van der Waals surface area (Å²) >= 11 is 0. The lowest BCUT2D eigenvalue weighted by Gasteiger charge is -2.52. The van der Waals surface area contributed by atoms with Gasteiger partial charge in [-0.1, -0.05) is 6.92 Å². The van der Waals surface area contributed by atoms with Crippen LogP contribution in [0, 0.1) is 5.41 Å². The summed E-state index contributed by atoms with van der Waals surface area (Å²) in [6, 6.07) is 0. The first-order chi connectivity index (χ1) is 8.89. The van der Waals surface area contributed by atoms with Gasteiger partial charge in [-0.2, -0.15) is 13.2 Å². The van der Waals surface area contributed by atoms with Crippen LogP contribution in [0.15, 0.2) is 0 Å². The fraction of sp³-hybridized carbons (Fsp3) is 0.917. The Morgan fingerprint density at radius 3 is 2.05 bits per heavy atom. The summed E-state index contributed by atoms with van der Waals surface area (Å²) in [4.78, 5) is 13.6. The molecule has 0 aromatic carbocycles. The molecule has 0 radical (unpaired) electrons. The molecule has 1 saturated heterocycles. The number of amides is 1. The predicted molar refractivity (Wildman–Crippen MR) is 66.8 cm³/mol. The van der Waals surface area contributed by atoms with E-state index in [0.717, 1.165) is 6.26 Å². The molecule has 0 N–H and O–H groups in total. The monoisotopic (exact) mass is 313 g/mol. The van der Waals surface area contributed by atoms with Crippen LogP contribution in [-0.4, -0.2) is 49.5 Å². The van der Waals surface area contributed by atoms with Crippen molar-refractivity contribution in [1.29, 1.82) is 0 Å². The van der Waals surface area contributed by atoms with Gasteiger partial charge in [0.25, 0.3) is 0 Å². The molecule has 2 aliphatic rings. The summed E-state index contributed by atoms with van der Waals surface area (Å²) in [5.41, 5.74) is -0.990. The van der Waals surface area contributed by atoms with Crippen molar-refractivity contribution in [2.45, 2.75) is 43.5 Å². The Morgan fingerprint density at radius 2 is 1.75 bits per heavy atom. The molecule has 1 saturated carbocycles. The van der Waals surface area contributed by atoms with Crippen LogP contribution >= 0.6 is 0 Å². The maximum atomic E-state index is 12.4. The molecule has 1 aliphatic heterocycles. The Labute approximate surface area is 116 Å². The number of sulfone groups is 1. The smallest absolute Gasteiger partial charge is 0.340 e. The molecule has 0 spiro atoms. The largest absolute Gasteiger partial charge is 0.389 e. The van der Waals surface area contributed by atoms with E-state index in [2.05, 4.69) is 0 Å². The van der Waals surface area contributed by atoms with Crippen molar-refractivity contribution in [3.05, 3.63) is 0 Å². The maximum absolute atomic E-state index is 12.4. The van der Waals surface area contributed by atoms with Crippen molar-refractivity contribution < 1.29 is 26.4 Å². The molecule has 0 aromatic rings. The van der Waals surface area contributed by atoms with Gasteiger partial charge < -0.3 is 4.90 Å². The van der Waals surface area contributed by atoms with Crippen molar-refractivity contribution in [3.63, 3.8) is 0 Å². The zero-order valence-electron chi connectivity index (χ0n) is 11.5. The van der Waals surface area contributed by atoms with Crippen LogP contribution in [0.4, 0.5) is 13.2 Å². The van der Waals surface area contributed by atoms with Gasteiger partial charge in [0.1, 0.15) is 0 Å². The SMILES string of the molecule is CC1(CC(F)(F)F)CN(C(=O)C2(S(C)(=O)=O)CCC2)C1. The number of carbonyl (C=O) groups excluding carboxylic acids is 1. The van der Waals surface area contributed by atoms with Gasteiger partial charge in [-0.3, -0.25) is 4.79 Å². The average molecular weight is 313 g/mol. The number of carbonyl (C=O) groups is 1. The van der Waals surface area contributed by atoms with E-state index in [1.807, 2.05) is 0 Å². The van der Waals surface area contributed by atoms with Crippen LogP contribution in [0.25, 0.3) is 0 Å². The van der Waals surface area contributed by atoms with E-state index in [4.69, 9.17) is 0 Å². The van der Waals surface area contributed by atoms with E-state index in [1.165, 1.54) is 11.8 Å². The second-order valence-corrected chi connectivity index (χ2v) is 8.71. The van der Waals surface area contributed by atoms with Crippen LogP contribution in [0.1, 0.15) is 32.6 Å². The van der Waals surface area contributed by atoms with Crippen molar-refractivity contribution in [1.82, 2.24) is 4.90 Å². The number of alkyl halides is 3. The van der Waals surface area contributed by atoms with Crippen LogP contribution in [-0.2, 0) is 14.6 Å². The third kappa shape index (κ3) is 2.54. The summed E-state index contributed by atoms with van der Waals surface area (Å²) in [6.07, 6.45) is -2.98. The standard InChI is InChI=1S/C12H18F3NO3S/c1-10(6-12(13,14)15)7-16(8-10)9(17)11(4-3-5-11)20(2,18)19/h3-8H2,1-2H3. The second kappa shape index (κ2) is 4.35. The highest BCUT2D eigenvalue weighted by atomic mass is 32.2. The van der Waals surface area contributed by atoms with E-state index in [0.29, 0.717) is 6.42 Å². The third-order valence-electron chi connectivity index (χ3n) is 4.32. The maximum Gasteiger partial charge on any atom is 0.389 e. The molecule has 0 bridgehead atoms. The second-order valence-electron chi connectivity index (χ2n) is 6.38. The predicted octanol–water partition coefficient (Wildman–Crippen LogP) is 1.75. The Balaban J connectivity index is 2.04. The third-order valence-corrected chi connectivity index (χ3v) is 6.32. The first-order valence-electron chi connectivity index (χ1n) is 6.44. The highest BCUT2D eigenvalue weighted by molar-refractivity contribution is 7.93. The molecular formula is C12H18F3NO3S. The summed E-state index contributed by atoms with van der Waals surface area (Å²) in [7, 11) is -3.53. The van der Waals surface area contributed by atoms with E-state index in [-0.39, 0.29) is 25.9 Å². The Bertz CT molecular complexity index is 517. The number of halogens is 3. The van der Waals surface area contributed by atoms with E-state index >= 15 is 0 Å². The normalized spacial score (nSPS) is 24.8. The fourth-order valence-electron chi connectivity index (χ4n) is 3.14. The lowest BCUT2D eigenvalue weighted by molar-refractivity contribution is -0.183. The van der Waals surface area contributed by atoms with Gasteiger partial charge in [0.15, 0.2) is 14.6 Å². The van der Waals surface area contributed by atoms with Gasteiger partial charge in [-0.15, -0.1) is 0 Å². The van der Waals surface area contributed by atoms with Crippen LogP contribution in [0.3, 0.4) is 0 Å². The number of nitrogens with zero attached hydrogens (tertiary/aromatic N) is 1. The van der Waals surface area contributed by atoms with Crippen molar-refractivity contribution >= 4 is 15.7 Å². The zero-order chi connectivity index (χ0) is 15.4. The minimum atomic E-state index is -4.27. The highest BCUT2D eigenvalue weighted by Crippen LogP contribution is 2.46. The Morgan fingerprint density at radius 1 is 1.25 bits per heavy atom. The quantitative estimate of drug-likeness (QED) is 0.798. The minimum Gasteiger partial charge on any atom is -0.340 e. The molecule has 4 nitrogen and oxygen atoms in total. The van der Waals surface area contributed by atoms with Crippen LogP contribution < -0.4 is 0 Å². The molecule has 2 rings (SSSR count). The molecule has 20 heavy (non-hydrogen) atoms. The molecule has 0 unspecified atom stereocenters. The lowest BCUT2D eigenvalue weighted by atomic mass is 9.75. The molecule has 8 heteroatoms. The van der Waals surface area contributed by atoms with Gasteiger partial charge in [-0.05, 0) is 19.3 Å². The van der Waals surface area contributed by atoms with Gasteiger partial charge in [0.2, 0.25) is 5.91 Å². The highest BCUT2D eigenvalue weighted by Gasteiger charge is 2.58. The molecule has 2 fully saturated rings. The summed E-state index contributed by atoms with van der Waals surface area (Å²) in [6.45, 7) is 1.42. The first-order valence-corrected chi connectivity index (χ1v) is 8.34. The molecule has 0 aromatic heterocycles. The number of likely N-dealkylation sites (tertiary alicyclic amines) is 1. The molecule has 0 atom stereocenters. The molecule has 1 amide bonds. The summed E-state index contributed by atoms with van der Waals surface area (Å²) < 4.78 is 59.4. The van der Waals surface area contributed by atoms with Gasteiger partial charge >= 0.3 is 6.18 Å². The number of hydrogen-bond acceptors (Lipinski definition) is 3. The average Bonchev–Trinajstić information content (AvgIpc) is 2.05. The summed E-state index contributed by atoms with van der Waals surface area (Å²) in [5, 5.41) is 0. The van der Waals surface area contributed by atoms with Crippen molar-refractivity contribution in [2.75, 3.05) is 19.3 Å².